The lowest BCUT2D eigenvalue weighted by Gasteiger charge is -2.40. The molecule has 0 bridgehead atoms. The molecule has 0 aromatic heterocycles. The Balaban J connectivity index is 0.000000315. The molecule has 2 fully saturated rings. The van der Waals surface area contributed by atoms with Gasteiger partial charge >= 0.3 is 6.09 Å². The van der Waals surface area contributed by atoms with Crippen LogP contribution < -0.4 is 5.32 Å². The van der Waals surface area contributed by atoms with Gasteiger partial charge in [-0.25, -0.2) is 4.79 Å². The van der Waals surface area contributed by atoms with Gasteiger partial charge in [0.2, 0.25) is 0 Å². The van der Waals surface area contributed by atoms with Crippen LogP contribution in [0.3, 0.4) is 0 Å². The van der Waals surface area contributed by atoms with Gasteiger partial charge < -0.3 is 19.5 Å². The summed E-state index contributed by atoms with van der Waals surface area (Å²) in [6, 6.07) is 15.5. The summed E-state index contributed by atoms with van der Waals surface area (Å²) in [6.07, 6.45) is 0.809. The highest BCUT2D eigenvalue weighted by molar-refractivity contribution is 6.30. The highest BCUT2D eigenvalue weighted by Crippen LogP contribution is 2.21. The molecule has 12 nitrogen and oxygen atoms in total. The molecule has 1 amide bonds. The molecule has 1 N–H and O–H groups in total. The first kappa shape index (κ1) is 37.3. The fourth-order valence-electron chi connectivity index (χ4n) is 4.55. The molecule has 2 aromatic carbocycles. The predicted octanol–water partition coefficient (Wildman–Crippen LogP) is 7.17. The third-order valence-corrected chi connectivity index (χ3v) is 7.14. The Morgan fingerprint density at radius 1 is 0.932 bits per heavy atom. The van der Waals surface area contributed by atoms with Crippen LogP contribution in [0, 0.1) is 0 Å². The predicted molar refractivity (Wildman–Crippen MR) is 174 cm³/mol. The van der Waals surface area contributed by atoms with Crippen molar-refractivity contribution in [2.75, 3.05) is 39.4 Å². The number of azide groups is 2. The van der Waals surface area contributed by atoms with Gasteiger partial charge in [0.15, 0.2) is 0 Å². The van der Waals surface area contributed by atoms with E-state index in [2.05, 4.69) is 25.4 Å². The Kier molecular flexibility index (Phi) is 15.9. The summed E-state index contributed by atoms with van der Waals surface area (Å²) in [6.45, 7) is 8.09. The number of morpholine rings is 2. The summed E-state index contributed by atoms with van der Waals surface area (Å²) in [4.78, 5) is 19.8. The second kappa shape index (κ2) is 18.8. The Morgan fingerprint density at radius 3 is 1.95 bits per heavy atom. The van der Waals surface area contributed by atoms with E-state index in [1.165, 1.54) is 5.56 Å². The summed E-state index contributed by atoms with van der Waals surface area (Å²) >= 11 is 11.8. The van der Waals surface area contributed by atoms with Crippen molar-refractivity contribution in [2.45, 2.75) is 63.5 Å². The number of hydrogen-bond acceptors (Lipinski definition) is 7. The normalized spacial score (nSPS) is 21.3. The molecule has 2 aliphatic rings. The van der Waals surface area contributed by atoms with Crippen molar-refractivity contribution >= 4 is 41.7 Å². The van der Waals surface area contributed by atoms with E-state index in [0.29, 0.717) is 43.8 Å². The Morgan fingerprint density at radius 2 is 1.45 bits per heavy atom. The number of carbonyl (C=O) groups is 1. The van der Waals surface area contributed by atoms with Crippen LogP contribution in [-0.4, -0.2) is 80.3 Å². The molecular weight excluding hydrogens is 631 g/mol. The minimum atomic E-state index is -0.583. The van der Waals surface area contributed by atoms with Crippen LogP contribution in [0.25, 0.3) is 20.9 Å². The average Bonchev–Trinajstić information content (AvgIpc) is 2.98. The van der Waals surface area contributed by atoms with E-state index in [-0.39, 0.29) is 43.3 Å². The van der Waals surface area contributed by atoms with Crippen molar-refractivity contribution in [3.63, 3.8) is 0 Å². The van der Waals surface area contributed by atoms with Crippen molar-refractivity contribution in [3.8, 4) is 0 Å². The van der Waals surface area contributed by atoms with Crippen LogP contribution in [0.15, 0.2) is 58.8 Å². The lowest BCUT2D eigenvalue weighted by Crippen LogP contribution is -2.55. The monoisotopic (exact) mass is 668 g/mol. The largest absolute Gasteiger partial charge is 0.444 e. The lowest BCUT2D eigenvalue weighted by molar-refractivity contribution is -0.0658. The van der Waals surface area contributed by atoms with Gasteiger partial charge in [-0.1, -0.05) is 57.7 Å². The number of hydrogen-bond donors (Lipinski definition) is 1. The van der Waals surface area contributed by atoms with E-state index < -0.39 is 5.60 Å². The zero-order chi connectivity index (χ0) is 31.2. The fourth-order valence-corrected chi connectivity index (χ4v) is 4.80. The molecule has 240 valence electrons. The molecule has 2 aromatic rings. The lowest BCUT2D eigenvalue weighted by atomic mass is 10.0. The van der Waals surface area contributed by atoms with E-state index in [1.54, 1.807) is 4.90 Å². The van der Waals surface area contributed by atoms with Crippen LogP contribution in [0.2, 0.25) is 10.0 Å². The summed E-state index contributed by atoms with van der Waals surface area (Å²) in [7, 11) is 0. The number of carbonyl (C=O) groups excluding carboxylic acids is 1. The quantitative estimate of drug-likeness (QED) is 0.179. The fraction of sp³-hybridized carbons (Fsp3) is 0.552. The molecule has 0 saturated carbocycles. The van der Waals surface area contributed by atoms with Gasteiger partial charge in [0, 0.05) is 32.5 Å². The summed E-state index contributed by atoms with van der Waals surface area (Å²) in [5.41, 5.74) is 18.4. The average molecular weight is 670 g/mol. The maximum absolute atomic E-state index is 12.6. The Bertz CT molecular complexity index is 1260. The summed E-state index contributed by atoms with van der Waals surface area (Å²) in [5, 5.41) is 11.9. The van der Waals surface area contributed by atoms with E-state index >= 15 is 0 Å². The van der Waals surface area contributed by atoms with Crippen LogP contribution in [0.1, 0.15) is 31.9 Å². The second-order valence-corrected chi connectivity index (χ2v) is 12.2. The standard InChI is InChI=1S/C17H23ClN4O3.C12H15ClN4O.ClH/c1-17(2,3)25-16(23)22-10-15(9-20-21-19)24-11-14(22)8-12-4-6-13(18)7-5-12;13-10-3-1-9(2-4-10)5-11-8-18-12(6-15-11)7-16-17-14;/h4-7,14-15H,8-11H2,1-3H3;1-4,11-12,15H,5-8H2;1H/t14-,15-;11-,12+;/m00./s1. The maximum atomic E-state index is 12.6. The van der Waals surface area contributed by atoms with Crippen molar-refractivity contribution < 1.29 is 19.0 Å². The molecule has 44 heavy (non-hydrogen) atoms. The van der Waals surface area contributed by atoms with Gasteiger partial charge in [0.1, 0.15) is 5.60 Å². The zero-order valence-electron chi connectivity index (χ0n) is 25.0. The number of rotatable bonds is 8. The third-order valence-electron chi connectivity index (χ3n) is 6.64. The smallest absolute Gasteiger partial charge is 0.410 e. The molecule has 2 aliphatic heterocycles. The van der Waals surface area contributed by atoms with Gasteiger partial charge in [-0.15, -0.1) is 12.4 Å². The van der Waals surface area contributed by atoms with Crippen LogP contribution in [-0.2, 0) is 27.1 Å². The highest BCUT2D eigenvalue weighted by Gasteiger charge is 2.34. The number of benzene rings is 2. The highest BCUT2D eigenvalue weighted by atomic mass is 35.5. The molecule has 0 spiro atoms. The van der Waals surface area contributed by atoms with Crippen molar-refractivity contribution in [2.24, 2.45) is 10.2 Å². The second-order valence-electron chi connectivity index (χ2n) is 11.3. The third kappa shape index (κ3) is 13.4. The molecule has 0 unspecified atom stereocenters. The first-order valence-corrected chi connectivity index (χ1v) is 14.8. The SMILES string of the molecule is CC(C)(C)OC(=O)N1C[C@H](CN=[N+]=[N-])OC[C@@H]1Cc1ccc(Cl)cc1.Cl.[N-]=[N+]=NC[C@H]1CN[C@@H](Cc2ccc(Cl)cc2)CO1. The minimum Gasteiger partial charge on any atom is -0.444 e. The van der Waals surface area contributed by atoms with Crippen molar-refractivity contribution in [3.05, 3.63) is 90.6 Å². The Hall–Kier alpha value is -2.92. The number of amides is 1. The molecule has 4 rings (SSSR count). The molecule has 15 heteroatoms. The number of halogens is 3. The van der Waals surface area contributed by atoms with E-state index in [0.717, 1.165) is 23.6 Å². The molecule has 4 atom stereocenters. The molecule has 0 aliphatic carbocycles. The van der Waals surface area contributed by atoms with Gasteiger partial charge in [-0.2, -0.15) is 0 Å². The zero-order valence-corrected chi connectivity index (χ0v) is 27.3. The van der Waals surface area contributed by atoms with Crippen LogP contribution >= 0.6 is 35.6 Å². The number of nitrogens with zero attached hydrogens (tertiary/aromatic N) is 7. The Labute approximate surface area is 274 Å². The molecule has 2 saturated heterocycles. The van der Waals surface area contributed by atoms with E-state index in [9.17, 15) is 4.79 Å². The molecular formula is C29H39Cl3N8O4. The molecule has 0 radical (unpaired) electrons. The first-order chi connectivity index (χ1) is 20.6. The maximum Gasteiger partial charge on any atom is 0.410 e. The van der Waals surface area contributed by atoms with Crippen LogP contribution in [0.4, 0.5) is 4.79 Å². The van der Waals surface area contributed by atoms with Crippen molar-refractivity contribution in [1.29, 1.82) is 0 Å². The van der Waals surface area contributed by atoms with Gasteiger partial charge in [-0.3, -0.25) is 4.90 Å². The summed E-state index contributed by atoms with van der Waals surface area (Å²) in [5.74, 6) is 0. The van der Waals surface area contributed by atoms with E-state index in [4.69, 9.17) is 48.5 Å². The van der Waals surface area contributed by atoms with E-state index in [1.807, 2.05) is 69.3 Å². The summed E-state index contributed by atoms with van der Waals surface area (Å²) < 4.78 is 16.9. The van der Waals surface area contributed by atoms with Gasteiger partial charge in [0.25, 0.3) is 0 Å². The topological polar surface area (TPSA) is 158 Å². The van der Waals surface area contributed by atoms with Gasteiger partial charge in [-0.05, 0) is 80.1 Å². The van der Waals surface area contributed by atoms with Crippen molar-refractivity contribution in [1.82, 2.24) is 10.2 Å². The number of ether oxygens (including phenoxy) is 3. The molecule has 2 heterocycles. The van der Waals surface area contributed by atoms with Crippen LogP contribution in [0.5, 0.6) is 0 Å². The first-order valence-electron chi connectivity index (χ1n) is 14.0. The number of nitrogens with one attached hydrogen (secondary N) is 1. The minimum absolute atomic E-state index is 0. The van der Waals surface area contributed by atoms with Gasteiger partial charge in [0.05, 0.1) is 51.1 Å².